The number of nitrogens with zero attached hydrogens (tertiary/aromatic N) is 3. The van der Waals surface area contributed by atoms with Gasteiger partial charge in [0.15, 0.2) is 11.0 Å². The van der Waals surface area contributed by atoms with Crippen molar-refractivity contribution in [2.45, 2.75) is 32.5 Å². The molecule has 0 aliphatic rings. The number of benzene rings is 1. The Morgan fingerprint density at radius 3 is 2.67 bits per heavy atom. The topological polar surface area (TPSA) is 86.1 Å². The van der Waals surface area contributed by atoms with Crippen LogP contribution >= 0.6 is 34.7 Å². The highest BCUT2D eigenvalue weighted by Gasteiger charge is 2.22. The molecule has 3 rings (SSSR count). The summed E-state index contributed by atoms with van der Waals surface area (Å²) in [5, 5.41) is 13.0. The molecule has 10 heteroatoms. The summed E-state index contributed by atoms with van der Waals surface area (Å²) in [6, 6.07) is 7.43. The molecule has 1 aromatic carbocycles. The predicted molar refractivity (Wildman–Crippen MR) is 121 cm³/mol. The summed E-state index contributed by atoms with van der Waals surface area (Å²) < 4.78 is 6.76. The summed E-state index contributed by atoms with van der Waals surface area (Å²) in [4.78, 5) is 25.6. The molecule has 30 heavy (non-hydrogen) atoms. The lowest BCUT2D eigenvalue weighted by Gasteiger charge is -2.09. The number of hydrogen-bond acceptors (Lipinski definition) is 7. The monoisotopic (exact) mass is 464 g/mol. The second-order valence-corrected chi connectivity index (χ2v) is 8.92. The number of amides is 1. The van der Waals surface area contributed by atoms with E-state index in [2.05, 4.69) is 15.5 Å². The Kier molecular flexibility index (Phi) is 7.17. The van der Waals surface area contributed by atoms with Gasteiger partial charge in [-0.15, -0.1) is 21.5 Å². The van der Waals surface area contributed by atoms with E-state index < -0.39 is 5.97 Å². The van der Waals surface area contributed by atoms with Gasteiger partial charge in [0.1, 0.15) is 5.00 Å². The summed E-state index contributed by atoms with van der Waals surface area (Å²) in [5.41, 5.74) is 2.00. The van der Waals surface area contributed by atoms with Gasteiger partial charge in [-0.3, -0.25) is 4.79 Å². The highest BCUT2D eigenvalue weighted by atomic mass is 35.5. The molecule has 0 radical (unpaired) electrons. The Morgan fingerprint density at radius 1 is 1.27 bits per heavy atom. The van der Waals surface area contributed by atoms with Gasteiger partial charge in [0.05, 0.1) is 23.4 Å². The van der Waals surface area contributed by atoms with E-state index in [1.807, 2.05) is 43.5 Å². The molecule has 0 atom stereocenters. The highest BCUT2D eigenvalue weighted by Crippen LogP contribution is 2.33. The molecule has 0 aliphatic heterocycles. The number of nitrogens with one attached hydrogen (secondary N) is 1. The van der Waals surface area contributed by atoms with Crippen molar-refractivity contribution in [2.24, 2.45) is 0 Å². The van der Waals surface area contributed by atoms with Crippen LogP contribution in [0.15, 0.2) is 29.4 Å². The maximum Gasteiger partial charge on any atom is 0.341 e. The number of esters is 1. The van der Waals surface area contributed by atoms with Crippen LogP contribution in [0.4, 0.5) is 5.00 Å². The standard InChI is InChI=1S/C20H21ClN4O3S2/c1-5-25-17(13-8-6-7-9-14(13)21)23-24-20(25)29-10-15(26)22-18-16(19(27)28-4)11(2)12(3)30-18/h6-9H,5,10H2,1-4H3,(H,22,26). The van der Waals surface area contributed by atoms with Crippen molar-refractivity contribution in [1.29, 1.82) is 0 Å². The molecule has 2 heterocycles. The van der Waals surface area contributed by atoms with Crippen LogP contribution < -0.4 is 5.32 Å². The number of ether oxygens (including phenoxy) is 1. The fourth-order valence-corrected chi connectivity index (χ4v) is 4.97. The number of thioether (sulfide) groups is 1. The molecule has 1 N–H and O–H groups in total. The van der Waals surface area contributed by atoms with Gasteiger partial charge in [-0.1, -0.05) is 35.5 Å². The SMILES string of the molecule is CCn1c(SCC(=O)Nc2sc(C)c(C)c2C(=O)OC)nnc1-c1ccccc1Cl. The number of aryl methyl sites for hydroxylation is 1. The van der Waals surface area contributed by atoms with Crippen LogP contribution in [-0.4, -0.2) is 39.5 Å². The van der Waals surface area contributed by atoms with E-state index in [1.165, 1.54) is 30.2 Å². The van der Waals surface area contributed by atoms with Crippen molar-refractivity contribution in [3.8, 4) is 11.4 Å². The second kappa shape index (κ2) is 9.63. The number of thiophene rings is 1. The van der Waals surface area contributed by atoms with Crippen molar-refractivity contribution < 1.29 is 14.3 Å². The fraction of sp³-hybridized carbons (Fsp3) is 0.300. The number of halogens is 1. The molecule has 3 aromatic rings. The van der Waals surface area contributed by atoms with E-state index in [1.54, 1.807) is 6.07 Å². The van der Waals surface area contributed by atoms with Gasteiger partial charge in [0.2, 0.25) is 5.91 Å². The average Bonchev–Trinajstić information content (AvgIpc) is 3.26. The molecule has 0 saturated heterocycles. The van der Waals surface area contributed by atoms with E-state index in [9.17, 15) is 9.59 Å². The Morgan fingerprint density at radius 2 is 2.00 bits per heavy atom. The largest absolute Gasteiger partial charge is 0.465 e. The lowest BCUT2D eigenvalue weighted by Crippen LogP contribution is -2.16. The predicted octanol–water partition coefficient (Wildman–Crippen LogP) is 4.81. The lowest BCUT2D eigenvalue weighted by atomic mass is 10.1. The quantitative estimate of drug-likeness (QED) is 0.398. The zero-order valence-electron chi connectivity index (χ0n) is 17.0. The first-order chi connectivity index (χ1) is 14.4. The molecule has 0 unspecified atom stereocenters. The van der Waals surface area contributed by atoms with E-state index in [4.69, 9.17) is 16.3 Å². The van der Waals surface area contributed by atoms with Crippen LogP contribution in [-0.2, 0) is 16.1 Å². The number of aromatic nitrogens is 3. The van der Waals surface area contributed by atoms with Crippen LogP contribution in [0.5, 0.6) is 0 Å². The first kappa shape index (κ1) is 22.3. The minimum Gasteiger partial charge on any atom is -0.465 e. The maximum atomic E-state index is 12.5. The van der Waals surface area contributed by atoms with Crippen molar-refractivity contribution >= 4 is 51.6 Å². The third-order valence-electron chi connectivity index (χ3n) is 4.51. The fourth-order valence-electron chi connectivity index (χ4n) is 2.88. The highest BCUT2D eigenvalue weighted by molar-refractivity contribution is 7.99. The average molecular weight is 465 g/mol. The Bertz CT molecular complexity index is 1090. The van der Waals surface area contributed by atoms with Crippen molar-refractivity contribution in [1.82, 2.24) is 14.8 Å². The second-order valence-electron chi connectivity index (χ2n) is 6.35. The van der Waals surface area contributed by atoms with Crippen LogP contribution in [0, 0.1) is 13.8 Å². The third kappa shape index (κ3) is 4.53. The zero-order valence-corrected chi connectivity index (χ0v) is 19.4. The summed E-state index contributed by atoms with van der Waals surface area (Å²) in [6.45, 7) is 6.35. The Hall–Kier alpha value is -2.36. The summed E-state index contributed by atoms with van der Waals surface area (Å²) in [7, 11) is 1.32. The first-order valence-electron chi connectivity index (χ1n) is 9.16. The van der Waals surface area contributed by atoms with Gasteiger partial charge in [-0.05, 0) is 38.5 Å². The van der Waals surface area contributed by atoms with Crippen LogP contribution in [0.1, 0.15) is 27.7 Å². The first-order valence-corrected chi connectivity index (χ1v) is 11.3. The molecule has 1 amide bonds. The van der Waals surface area contributed by atoms with Gasteiger partial charge < -0.3 is 14.6 Å². The number of hydrogen-bond donors (Lipinski definition) is 1. The smallest absolute Gasteiger partial charge is 0.341 e. The molecular formula is C20H21ClN4O3S2. The van der Waals surface area contributed by atoms with Crippen molar-refractivity contribution in [3.05, 3.63) is 45.3 Å². The number of carbonyl (C=O) groups excluding carboxylic acids is 2. The molecule has 7 nitrogen and oxygen atoms in total. The van der Waals surface area contributed by atoms with Crippen molar-refractivity contribution in [3.63, 3.8) is 0 Å². The summed E-state index contributed by atoms with van der Waals surface area (Å²) in [5.74, 6) is 0.0758. The van der Waals surface area contributed by atoms with Crippen LogP contribution in [0.2, 0.25) is 5.02 Å². The molecule has 2 aromatic heterocycles. The van der Waals surface area contributed by atoms with Crippen LogP contribution in [0.25, 0.3) is 11.4 Å². The minimum absolute atomic E-state index is 0.122. The third-order valence-corrected chi connectivity index (χ3v) is 6.93. The molecule has 0 saturated carbocycles. The number of methoxy groups -OCH3 is 1. The Balaban J connectivity index is 1.74. The maximum absolute atomic E-state index is 12.5. The lowest BCUT2D eigenvalue weighted by molar-refractivity contribution is -0.113. The summed E-state index contributed by atoms with van der Waals surface area (Å²) in [6.07, 6.45) is 0. The van der Waals surface area contributed by atoms with E-state index in [0.717, 1.165) is 16.0 Å². The molecule has 0 fully saturated rings. The van der Waals surface area contributed by atoms with Gasteiger partial charge in [0.25, 0.3) is 0 Å². The van der Waals surface area contributed by atoms with E-state index in [-0.39, 0.29) is 11.7 Å². The molecule has 0 bridgehead atoms. The zero-order chi connectivity index (χ0) is 21.8. The van der Waals surface area contributed by atoms with E-state index in [0.29, 0.717) is 33.1 Å². The van der Waals surface area contributed by atoms with Gasteiger partial charge in [-0.2, -0.15) is 0 Å². The molecule has 158 valence electrons. The molecule has 0 aliphatic carbocycles. The van der Waals surface area contributed by atoms with Gasteiger partial charge >= 0.3 is 5.97 Å². The molecule has 0 spiro atoms. The van der Waals surface area contributed by atoms with Crippen LogP contribution in [0.3, 0.4) is 0 Å². The summed E-state index contributed by atoms with van der Waals surface area (Å²) >= 11 is 8.92. The minimum atomic E-state index is -0.463. The number of anilines is 1. The van der Waals surface area contributed by atoms with E-state index >= 15 is 0 Å². The Labute approximate surface area is 187 Å². The number of rotatable bonds is 7. The normalized spacial score (nSPS) is 10.8. The van der Waals surface area contributed by atoms with Gasteiger partial charge in [-0.25, -0.2) is 4.79 Å². The van der Waals surface area contributed by atoms with Gasteiger partial charge in [0, 0.05) is 17.0 Å². The van der Waals surface area contributed by atoms with Crippen molar-refractivity contribution in [2.75, 3.05) is 18.2 Å². The number of carbonyl (C=O) groups is 2. The molecular weight excluding hydrogens is 444 g/mol.